The molecule has 1 fully saturated rings. The number of rotatable bonds is 8. The molecule has 0 unspecified atom stereocenters. The Kier molecular flexibility index (Phi) is 7.66. The van der Waals surface area contributed by atoms with Crippen LogP contribution >= 0.6 is 0 Å². The summed E-state index contributed by atoms with van der Waals surface area (Å²) < 4.78 is 5.44. The van der Waals surface area contributed by atoms with Gasteiger partial charge >= 0.3 is 0 Å². The summed E-state index contributed by atoms with van der Waals surface area (Å²) in [7, 11) is 0. The zero-order chi connectivity index (χ0) is 22.9. The van der Waals surface area contributed by atoms with Crippen molar-refractivity contribution in [2.45, 2.75) is 19.0 Å². The Bertz CT molecular complexity index is 1050. The van der Waals surface area contributed by atoms with E-state index in [0.29, 0.717) is 31.7 Å². The molecule has 2 N–H and O–H groups in total. The predicted molar refractivity (Wildman–Crippen MR) is 127 cm³/mol. The minimum absolute atomic E-state index is 0.236. The second-order valence-electron chi connectivity index (χ2n) is 7.89. The summed E-state index contributed by atoms with van der Waals surface area (Å²) in [5, 5.41) is 5.91. The summed E-state index contributed by atoms with van der Waals surface area (Å²) in [5.41, 5.74) is 2.42. The first-order valence-corrected chi connectivity index (χ1v) is 11.1. The molecule has 0 bridgehead atoms. The summed E-state index contributed by atoms with van der Waals surface area (Å²) in [6, 6.07) is 21.7. The molecule has 1 saturated heterocycles. The minimum Gasteiger partial charge on any atom is -0.378 e. The average Bonchev–Trinajstić information content (AvgIpc) is 2.88. The number of nitrogens with zero attached hydrogens (tertiary/aromatic N) is 2. The van der Waals surface area contributed by atoms with Crippen LogP contribution in [0.15, 0.2) is 79.0 Å². The van der Waals surface area contributed by atoms with E-state index in [1.54, 1.807) is 30.5 Å². The van der Waals surface area contributed by atoms with E-state index in [-0.39, 0.29) is 11.8 Å². The predicted octanol–water partition coefficient (Wildman–Crippen LogP) is 2.58. The molecule has 1 atom stereocenters. The highest BCUT2D eigenvalue weighted by atomic mass is 16.5. The van der Waals surface area contributed by atoms with Crippen LogP contribution in [0.25, 0.3) is 0 Å². The molecule has 3 aromatic rings. The molecule has 1 aliphatic heterocycles. The Balaban J connectivity index is 1.46. The lowest BCUT2D eigenvalue weighted by Crippen LogP contribution is -2.48. The van der Waals surface area contributed by atoms with Crippen LogP contribution in [0, 0.1) is 0 Å². The van der Waals surface area contributed by atoms with Crippen molar-refractivity contribution in [2.24, 2.45) is 0 Å². The highest BCUT2D eigenvalue weighted by Gasteiger charge is 2.23. The van der Waals surface area contributed by atoms with Crippen molar-refractivity contribution in [1.29, 1.82) is 0 Å². The Morgan fingerprint density at radius 2 is 1.64 bits per heavy atom. The van der Waals surface area contributed by atoms with Crippen molar-refractivity contribution in [3.63, 3.8) is 0 Å². The number of anilines is 1. The Morgan fingerprint density at radius 3 is 2.36 bits per heavy atom. The van der Waals surface area contributed by atoms with E-state index in [9.17, 15) is 9.59 Å². The maximum atomic E-state index is 13.2. The molecule has 2 heterocycles. The van der Waals surface area contributed by atoms with Crippen molar-refractivity contribution in [2.75, 3.05) is 31.2 Å². The number of hydrogen-bond acceptors (Lipinski definition) is 5. The number of amides is 2. The van der Waals surface area contributed by atoms with Gasteiger partial charge in [0.15, 0.2) is 0 Å². The normalized spacial score (nSPS) is 14.4. The van der Waals surface area contributed by atoms with Gasteiger partial charge in [-0.2, -0.15) is 0 Å². The molecule has 0 radical (unpaired) electrons. The molecule has 4 rings (SSSR count). The molecular formula is C26H28N4O3. The molecule has 170 valence electrons. The SMILES string of the molecule is O=C(N[C@H](Cc1ccccc1)C(=O)NCc1cccnc1N1CCOCC1)c1ccccc1. The maximum absolute atomic E-state index is 13.2. The van der Waals surface area contributed by atoms with Gasteiger partial charge in [0.2, 0.25) is 5.91 Å². The number of nitrogens with one attached hydrogen (secondary N) is 2. The van der Waals surface area contributed by atoms with Gasteiger partial charge in [0, 0.05) is 43.4 Å². The largest absolute Gasteiger partial charge is 0.378 e. The van der Waals surface area contributed by atoms with Crippen LogP contribution < -0.4 is 15.5 Å². The van der Waals surface area contributed by atoms with E-state index in [1.165, 1.54) is 0 Å². The molecule has 1 aromatic heterocycles. The monoisotopic (exact) mass is 444 g/mol. The number of carbonyl (C=O) groups excluding carboxylic acids is 2. The fourth-order valence-corrected chi connectivity index (χ4v) is 3.82. The zero-order valence-electron chi connectivity index (χ0n) is 18.4. The van der Waals surface area contributed by atoms with Crippen LogP contribution in [-0.2, 0) is 22.5 Å². The lowest BCUT2D eigenvalue weighted by molar-refractivity contribution is -0.123. The molecule has 7 heteroatoms. The third kappa shape index (κ3) is 6.17. The van der Waals surface area contributed by atoms with Gasteiger partial charge in [-0.05, 0) is 23.8 Å². The van der Waals surface area contributed by atoms with Gasteiger partial charge in [-0.1, -0.05) is 54.6 Å². The maximum Gasteiger partial charge on any atom is 0.251 e. The molecule has 7 nitrogen and oxygen atoms in total. The van der Waals surface area contributed by atoms with E-state index in [2.05, 4.69) is 20.5 Å². The summed E-state index contributed by atoms with van der Waals surface area (Å²) in [4.78, 5) is 32.7. The van der Waals surface area contributed by atoms with Crippen LogP contribution in [0.1, 0.15) is 21.5 Å². The molecule has 1 aliphatic rings. The van der Waals surface area contributed by atoms with E-state index in [0.717, 1.165) is 30.0 Å². The lowest BCUT2D eigenvalue weighted by atomic mass is 10.0. The molecule has 2 aromatic carbocycles. The number of benzene rings is 2. The van der Waals surface area contributed by atoms with Crippen LogP contribution in [0.3, 0.4) is 0 Å². The highest BCUT2D eigenvalue weighted by molar-refractivity contribution is 5.97. The first-order chi connectivity index (χ1) is 16.2. The average molecular weight is 445 g/mol. The first-order valence-electron chi connectivity index (χ1n) is 11.1. The zero-order valence-corrected chi connectivity index (χ0v) is 18.4. The number of morpholine rings is 1. The van der Waals surface area contributed by atoms with Crippen molar-refractivity contribution in [3.8, 4) is 0 Å². The summed E-state index contributed by atoms with van der Waals surface area (Å²) in [6.45, 7) is 3.18. The van der Waals surface area contributed by atoms with Crippen LogP contribution in [0.5, 0.6) is 0 Å². The van der Waals surface area contributed by atoms with Crippen LogP contribution in [-0.4, -0.2) is 49.1 Å². The molecule has 0 aliphatic carbocycles. The topological polar surface area (TPSA) is 83.6 Å². The van der Waals surface area contributed by atoms with Crippen LogP contribution in [0.2, 0.25) is 0 Å². The summed E-state index contributed by atoms with van der Waals surface area (Å²) in [6.07, 6.45) is 2.16. The van der Waals surface area contributed by atoms with Gasteiger partial charge < -0.3 is 20.3 Å². The molecule has 0 spiro atoms. The molecule has 2 amide bonds. The Hall–Kier alpha value is -3.71. The van der Waals surface area contributed by atoms with Crippen molar-refractivity contribution >= 4 is 17.6 Å². The minimum atomic E-state index is -0.705. The van der Waals surface area contributed by atoms with Crippen molar-refractivity contribution in [1.82, 2.24) is 15.6 Å². The lowest BCUT2D eigenvalue weighted by Gasteiger charge is -2.29. The number of hydrogen-bond donors (Lipinski definition) is 2. The van der Waals surface area contributed by atoms with E-state index in [1.807, 2.05) is 48.5 Å². The van der Waals surface area contributed by atoms with Gasteiger partial charge in [-0.3, -0.25) is 9.59 Å². The van der Waals surface area contributed by atoms with E-state index >= 15 is 0 Å². The standard InChI is InChI=1S/C26H28N4O3/c31-25(21-10-5-2-6-11-21)29-23(18-20-8-3-1-4-9-20)26(32)28-19-22-12-7-13-27-24(22)30-14-16-33-17-15-30/h1-13,23H,14-19H2,(H,28,32)(H,29,31)/t23-/m1/s1. The summed E-state index contributed by atoms with van der Waals surface area (Å²) in [5.74, 6) is 0.344. The van der Waals surface area contributed by atoms with Gasteiger partial charge in [0.1, 0.15) is 11.9 Å². The van der Waals surface area contributed by atoms with Gasteiger partial charge in [-0.25, -0.2) is 4.98 Å². The van der Waals surface area contributed by atoms with Crippen molar-refractivity contribution < 1.29 is 14.3 Å². The highest BCUT2D eigenvalue weighted by Crippen LogP contribution is 2.18. The van der Waals surface area contributed by atoms with Crippen LogP contribution in [0.4, 0.5) is 5.82 Å². The summed E-state index contributed by atoms with van der Waals surface area (Å²) >= 11 is 0. The second-order valence-corrected chi connectivity index (χ2v) is 7.89. The molecule has 33 heavy (non-hydrogen) atoms. The number of ether oxygens (including phenoxy) is 1. The fourth-order valence-electron chi connectivity index (χ4n) is 3.82. The molecular weight excluding hydrogens is 416 g/mol. The van der Waals surface area contributed by atoms with Gasteiger partial charge in [0.05, 0.1) is 13.2 Å². The Labute approximate surface area is 193 Å². The fraction of sp³-hybridized carbons (Fsp3) is 0.269. The Morgan fingerprint density at radius 1 is 0.939 bits per heavy atom. The third-order valence-corrected chi connectivity index (χ3v) is 5.57. The number of aromatic nitrogens is 1. The van der Waals surface area contributed by atoms with Gasteiger partial charge in [-0.15, -0.1) is 0 Å². The molecule has 0 saturated carbocycles. The van der Waals surface area contributed by atoms with Crippen molar-refractivity contribution in [3.05, 3.63) is 95.7 Å². The van der Waals surface area contributed by atoms with Gasteiger partial charge in [0.25, 0.3) is 5.91 Å². The van der Waals surface area contributed by atoms with E-state index < -0.39 is 6.04 Å². The first kappa shape index (κ1) is 22.5. The number of carbonyl (C=O) groups is 2. The second kappa shape index (κ2) is 11.2. The smallest absolute Gasteiger partial charge is 0.251 e. The quantitative estimate of drug-likeness (QED) is 0.558. The number of pyridine rings is 1. The van der Waals surface area contributed by atoms with E-state index in [4.69, 9.17) is 4.74 Å². The third-order valence-electron chi connectivity index (χ3n) is 5.57.